The summed E-state index contributed by atoms with van der Waals surface area (Å²) < 4.78 is 37.5. The lowest BCUT2D eigenvalue weighted by Crippen LogP contribution is -2.11. The van der Waals surface area contributed by atoms with Crippen LogP contribution < -0.4 is 0 Å². The maximum Gasteiger partial charge on any atom is 0.263 e. The molecule has 0 unspecified atom stereocenters. The van der Waals surface area contributed by atoms with Gasteiger partial charge in [0.2, 0.25) is 0 Å². The molecule has 0 N–H and O–H groups in total. The molecule has 1 aliphatic carbocycles. The number of hydrogen-bond donors (Lipinski definition) is 0. The molecule has 0 aromatic heterocycles. The smallest absolute Gasteiger partial charge is 0.251 e. The molecule has 2 aromatic rings. The standard InChI is InChI=1S/C23H25F3/c24-16-2-1-3-17-4-6-18(7-5-17)19-8-10-20(11-9-19)21-12-14-22(15-13-21)23(25)26/h1,3,8-15,17-18,23H,2,4-7,16H2/b3-1+/t17-,18-. The molecule has 0 radical (unpaired) electrons. The molecule has 0 nitrogen and oxygen atoms in total. The van der Waals surface area contributed by atoms with E-state index < -0.39 is 6.43 Å². The van der Waals surface area contributed by atoms with Gasteiger partial charge in [-0.2, -0.15) is 0 Å². The molecule has 138 valence electrons. The average Bonchev–Trinajstić information content (AvgIpc) is 2.69. The van der Waals surface area contributed by atoms with Gasteiger partial charge in [0.15, 0.2) is 0 Å². The zero-order chi connectivity index (χ0) is 18.4. The van der Waals surface area contributed by atoms with E-state index >= 15 is 0 Å². The van der Waals surface area contributed by atoms with E-state index in [4.69, 9.17) is 0 Å². The van der Waals surface area contributed by atoms with Crippen LogP contribution in [-0.2, 0) is 0 Å². The summed E-state index contributed by atoms with van der Waals surface area (Å²) in [6.45, 7) is -0.275. The van der Waals surface area contributed by atoms with Gasteiger partial charge in [-0.1, -0.05) is 60.7 Å². The highest BCUT2D eigenvalue weighted by Gasteiger charge is 2.20. The lowest BCUT2D eigenvalue weighted by atomic mass is 9.78. The fraction of sp³-hybridized carbons (Fsp3) is 0.391. The highest BCUT2D eigenvalue weighted by Crippen LogP contribution is 2.37. The molecule has 0 bridgehead atoms. The van der Waals surface area contributed by atoms with E-state index in [0.717, 1.165) is 36.8 Å². The summed E-state index contributed by atoms with van der Waals surface area (Å²) in [5.41, 5.74) is 3.42. The van der Waals surface area contributed by atoms with Crippen molar-refractivity contribution in [1.82, 2.24) is 0 Å². The summed E-state index contributed by atoms with van der Waals surface area (Å²) in [5.74, 6) is 1.17. The van der Waals surface area contributed by atoms with Crippen molar-refractivity contribution in [2.75, 3.05) is 6.67 Å². The molecular weight excluding hydrogens is 333 g/mol. The molecule has 3 rings (SSSR count). The Bertz CT molecular complexity index is 693. The van der Waals surface area contributed by atoms with Crippen molar-refractivity contribution in [1.29, 1.82) is 0 Å². The minimum atomic E-state index is -2.42. The quantitative estimate of drug-likeness (QED) is 0.470. The Morgan fingerprint density at radius 3 is 1.96 bits per heavy atom. The maximum atomic E-state index is 12.7. The fourth-order valence-electron chi connectivity index (χ4n) is 3.77. The van der Waals surface area contributed by atoms with Crippen LogP contribution in [0.15, 0.2) is 60.7 Å². The van der Waals surface area contributed by atoms with E-state index in [-0.39, 0.29) is 12.2 Å². The Kier molecular flexibility index (Phi) is 6.54. The van der Waals surface area contributed by atoms with Crippen molar-refractivity contribution in [2.45, 2.75) is 44.4 Å². The summed E-state index contributed by atoms with van der Waals surface area (Å²) >= 11 is 0. The highest BCUT2D eigenvalue weighted by molar-refractivity contribution is 5.64. The molecule has 3 heteroatoms. The van der Waals surface area contributed by atoms with Crippen LogP contribution >= 0.6 is 0 Å². The van der Waals surface area contributed by atoms with E-state index in [0.29, 0.717) is 18.3 Å². The van der Waals surface area contributed by atoms with Gasteiger partial charge in [-0.05, 0) is 60.6 Å². The van der Waals surface area contributed by atoms with Crippen molar-refractivity contribution >= 4 is 0 Å². The predicted molar refractivity (Wildman–Crippen MR) is 101 cm³/mol. The van der Waals surface area contributed by atoms with Gasteiger partial charge in [0.1, 0.15) is 0 Å². The van der Waals surface area contributed by atoms with Crippen molar-refractivity contribution in [3.63, 3.8) is 0 Å². The lowest BCUT2D eigenvalue weighted by Gasteiger charge is -2.27. The minimum Gasteiger partial charge on any atom is -0.251 e. The summed E-state index contributed by atoms with van der Waals surface area (Å²) in [5, 5.41) is 0. The average molecular weight is 358 g/mol. The molecule has 1 fully saturated rings. The van der Waals surface area contributed by atoms with Crippen molar-refractivity contribution in [3.8, 4) is 11.1 Å². The van der Waals surface area contributed by atoms with Gasteiger partial charge < -0.3 is 0 Å². The topological polar surface area (TPSA) is 0 Å². The molecule has 1 saturated carbocycles. The second-order valence-electron chi connectivity index (χ2n) is 7.06. The van der Waals surface area contributed by atoms with Gasteiger partial charge in [-0.15, -0.1) is 0 Å². The van der Waals surface area contributed by atoms with E-state index in [1.807, 2.05) is 6.08 Å². The van der Waals surface area contributed by atoms with Crippen molar-refractivity contribution in [3.05, 3.63) is 71.8 Å². The van der Waals surface area contributed by atoms with Crippen LogP contribution in [0.1, 0.15) is 55.6 Å². The summed E-state index contributed by atoms with van der Waals surface area (Å²) in [6.07, 6.45) is 6.89. The number of alkyl halides is 3. The second kappa shape index (κ2) is 9.07. The third-order valence-corrected chi connectivity index (χ3v) is 5.33. The van der Waals surface area contributed by atoms with E-state index in [1.165, 1.54) is 17.7 Å². The van der Waals surface area contributed by atoms with E-state index in [1.54, 1.807) is 12.1 Å². The Hall–Kier alpha value is -2.03. The summed E-state index contributed by atoms with van der Waals surface area (Å²) in [6, 6.07) is 15.0. The first kappa shape index (κ1) is 18.8. The summed E-state index contributed by atoms with van der Waals surface area (Å²) in [7, 11) is 0. The molecule has 1 aliphatic rings. The SMILES string of the molecule is FCC/C=C/[C@H]1CC[C@H](c2ccc(-c3ccc(C(F)F)cc3)cc2)CC1. The summed E-state index contributed by atoms with van der Waals surface area (Å²) in [4.78, 5) is 0. The zero-order valence-electron chi connectivity index (χ0n) is 14.9. The van der Waals surface area contributed by atoms with Crippen LogP contribution in [0.5, 0.6) is 0 Å². The minimum absolute atomic E-state index is 0.0581. The molecular formula is C23H25F3. The number of benzene rings is 2. The monoisotopic (exact) mass is 358 g/mol. The Balaban J connectivity index is 1.60. The van der Waals surface area contributed by atoms with Crippen LogP contribution in [0.3, 0.4) is 0 Å². The first-order valence-electron chi connectivity index (χ1n) is 9.38. The normalized spacial score (nSPS) is 20.8. The van der Waals surface area contributed by atoms with Crippen molar-refractivity contribution < 1.29 is 13.2 Å². The van der Waals surface area contributed by atoms with Gasteiger partial charge in [-0.25, -0.2) is 8.78 Å². The van der Waals surface area contributed by atoms with Gasteiger partial charge >= 0.3 is 0 Å². The molecule has 0 atom stereocenters. The van der Waals surface area contributed by atoms with Gasteiger partial charge in [0.25, 0.3) is 6.43 Å². The number of rotatable bonds is 6. The number of allylic oxidation sites excluding steroid dienone is 2. The number of hydrogen-bond acceptors (Lipinski definition) is 0. The van der Waals surface area contributed by atoms with Crippen molar-refractivity contribution in [2.24, 2.45) is 5.92 Å². The van der Waals surface area contributed by atoms with Crippen LogP contribution in [0, 0.1) is 5.92 Å². The Labute approximate surface area is 153 Å². The van der Waals surface area contributed by atoms with E-state index in [9.17, 15) is 13.2 Å². The molecule has 0 heterocycles. The lowest BCUT2D eigenvalue weighted by molar-refractivity contribution is 0.151. The highest BCUT2D eigenvalue weighted by atomic mass is 19.3. The van der Waals surface area contributed by atoms with Crippen LogP contribution in [0.4, 0.5) is 13.2 Å². The maximum absolute atomic E-state index is 12.7. The van der Waals surface area contributed by atoms with Gasteiger partial charge in [0.05, 0.1) is 6.67 Å². The Morgan fingerprint density at radius 2 is 1.42 bits per heavy atom. The second-order valence-corrected chi connectivity index (χ2v) is 7.06. The zero-order valence-corrected chi connectivity index (χ0v) is 14.9. The van der Waals surface area contributed by atoms with Gasteiger partial charge in [-0.3, -0.25) is 4.39 Å². The van der Waals surface area contributed by atoms with E-state index in [2.05, 4.69) is 30.3 Å². The molecule has 0 spiro atoms. The number of halogens is 3. The largest absolute Gasteiger partial charge is 0.263 e. The van der Waals surface area contributed by atoms with Gasteiger partial charge in [0, 0.05) is 5.56 Å². The molecule has 0 saturated heterocycles. The molecule has 26 heavy (non-hydrogen) atoms. The van der Waals surface area contributed by atoms with Crippen LogP contribution in [0.2, 0.25) is 0 Å². The van der Waals surface area contributed by atoms with Crippen LogP contribution in [-0.4, -0.2) is 6.67 Å². The molecule has 0 aliphatic heterocycles. The first-order chi connectivity index (χ1) is 12.7. The van der Waals surface area contributed by atoms with Crippen LogP contribution in [0.25, 0.3) is 11.1 Å². The third-order valence-electron chi connectivity index (χ3n) is 5.33. The molecule has 2 aromatic carbocycles. The first-order valence-corrected chi connectivity index (χ1v) is 9.38. The predicted octanol–water partition coefficient (Wildman–Crippen LogP) is 7.48. The fourth-order valence-corrected chi connectivity index (χ4v) is 3.77. The Morgan fingerprint density at radius 1 is 0.846 bits per heavy atom. The third kappa shape index (κ3) is 4.78. The molecule has 0 amide bonds.